The molecule has 1 amide bonds. The highest BCUT2D eigenvalue weighted by Crippen LogP contribution is 2.19. The van der Waals surface area contributed by atoms with E-state index in [0.717, 1.165) is 0 Å². The summed E-state index contributed by atoms with van der Waals surface area (Å²) in [7, 11) is 1.43. The molecule has 0 fully saturated rings. The van der Waals surface area contributed by atoms with Crippen LogP contribution in [0.2, 0.25) is 0 Å². The van der Waals surface area contributed by atoms with Gasteiger partial charge >= 0.3 is 11.9 Å². The van der Waals surface area contributed by atoms with Crippen LogP contribution in [0, 0.1) is 0 Å². The van der Waals surface area contributed by atoms with Gasteiger partial charge in [-0.2, -0.15) is 0 Å². The van der Waals surface area contributed by atoms with E-state index in [1.165, 1.54) is 25.3 Å². The molecule has 0 aliphatic rings. The number of nitrogens with one attached hydrogen (secondary N) is 1. The third-order valence-electron chi connectivity index (χ3n) is 2.49. The van der Waals surface area contributed by atoms with E-state index in [0.29, 0.717) is 5.75 Å². The zero-order chi connectivity index (χ0) is 15.3. The first-order valence-electron chi connectivity index (χ1n) is 5.54. The molecule has 1 atom stereocenters. The van der Waals surface area contributed by atoms with Crippen LogP contribution in [0.3, 0.4) is 0 Å². The quantitative estimate of drug-likeness (QED) is 0.536. The van der Waals surface area contributed by atoms with Crippen molar-refractivity contribution in [2.45, 2.75) is 12.5 Å². The number of rotatable bonds is 6. The molecule has 20 heavy (non-hydrogen) atoms. The Kier molecular flexibility index (Phi) is 4.90. The zero-order valence-corrected chi connectivity index (χ0v) is 10.6. The number of carboxylic acid groups (broad SMARTS) is 2. The maximum atomic E-state index is 11.9. The lowest BCUT2D eigenvalue weighted by molar-refractivity contribution is -0.145. The van der Waals surface area contributed by atoms with E-state index < -0.39 is 30.3 Å². The van der Waals surface area contributed by atoms with Crippen LogP contribution >= 0.6 is 0 Å². The minimum atomic E-state index is -1.53. The van der Waals surface area contributed by atoms with Gasteiger partial charge in [-0.3, -0.25) is 9.59 Å². The SMILES string of the molecule is COc1ccc(C(=O)NC(CC(=O)O)C(=O)O)c(N)c1. The highest BCUT2D eigenvalue weighted by atomic mass is 16.5. The number of carbonyl (C=O) groups is 3. The van der Waals surface area contributed by atoms with Crippen molar-refractivity contribution in [3.8, 4) is 5.75 Å². The molecule has 0 heterocycles. The standard InChI is InChI=1S/C12H14N2O6/c1-20-6-2-3-7(8(13)4-6)11(17)14-9(12(18)19)5-10(15)16/h2-4,9H,5,13H2,1H3,(H,14,17)(H,15,16)(H,18,19). The van der Waals surface area contributed by atoms with Gasteiger partial charge in [-0.1, -0.05) is 0 Å². The van der Waals surface area contributed by atoms with Crippen molar-refractivity contribution in [1.29, 1.82) is 0 Å². The molecular weight excluding hydrogens is 268 g/mol. The van der Waals surface area contributed by atoms with Crippen LogP contribution in [0.25, 0.3) is 0 Å². The molecular formula is C12H14N2O6. The van der Waals surface area contributed by atoms with Crippen LogP contribution in [0.1, 0.15) is 16.8 Å². The third kappa shape index (κ3) is 3.87. The Hall–Kier alpha value is -2.77. The molecule has 1 aromatic carbocycles. The topological polar surface area (TPSA) is 139 Å². The van der Waals surface area contributed by atoms with E-state index in [1.54, 1.807) is 0 Å². The van der Waals surface area contributed by atoms with Crippen molar-refractivity contribution in [1.82, 2.24) is 5.32 Å². The third-order valence-corrected chi connectivity index (χ3v) is 2.49. The van der Waals surface area contributed by atoms with Crippen LogP contribution in [-0.4, -0.2) is 41.2 Å². The van der Waals surface area contributed by atoms with E-state index in [1.807, 2.05) is 0 Å². The number of carbonyl (C=O) groups excluding carboxylic acids is 1. The maximum Gasteiger partial charge on any atom is 0.326 e. The summed E-state index contributed by atoms with van der Waals surface area (Å²) in [5.41, 5.74) is 5.79. The number of methoxy groups -OCH3 is 1. The fourth-order valence-electron chi connectivity index (χ4n) is 1.49. The first kappa shape index (κ1) is 15.3. The second-order valence-corrected chi connectivity index (χ2v) is 3.92. The molecule has 8 nitrogen and oxygen atoms in total. The van der Waals surface area contributed by atoms with E-state index in [9.17, 15) is 14.4 Å². The Morgan fingerprint density at radius 2 is 2.00 bits per heavy atom. The Balaban J connectivity index is 2.89. The molecule has 0 saturated heterocycles. The van der Waals surface area contributed by atoms with Gasteiger partial charge < -0.3 is 26.0 Å². The number of anilines is 1. The summed E-state index contributed by atoms with van der Waals surface area (Å²) in [6.07, 6.45) is -0.725. The van der Waals surface area contributed by atoms with Crippen molar-refractivity contribution in [2.75, 3.05) is 12.8 Å². The van der Waals surface area contributed by atoms with E-state index in [4.69, 9.17) is 20.7 Å². The number of nitrogens with two attached hydrogens (primary N) is 1. The fourth-order valence-corrected chi connectivity index (χ4v) is 1.49. The van der Waals surface area contributed by atoms with E-state index in [2.05, 4.69) is 5.32 Å². The summed E-state index contributed by atoms with van der Waals surface area (Å²) >= 11 is 0. The van der Waals surface area contributed by atoms with E-state index >= 15 is 0 Å². The van der Waals surface area contributed by atoms with Crippen molar-refractivity contribution in [2.24, 2.45) is 0 Å². The van der Waals surface area contributed by atoms with Gasteiger partial charge in [0.15, 0.2) is 0 Å². The molecule has 5 N–H and O–H groups in total. The van der Waals surface area contributed by atoms with Crippen LogP contribution in [0.15, 0.2) is 18.2 Å². The molecule has 8 heteroatoms. The van der Waals surface area contributed by atoms with Crippen molar-refractivity contribution in [3.05, 3.63) is 23.8 Å². The lowest BCUT2D eigenvalue weighted by atomic mass is 10.1. The minimum absolute atomic E-state index is 0.0439. The summed E-state index contributed by atoms with van der Waals surface area (Å²) in [5.74, 6) is -3.09. The zero-order valence-electron chi connectivity index (χ0n) is 10.6. The number of ether oxygens (including phenoxy) is 1. The van der Waals surface area contributed by atoms with Crippen molar-refractivity contribution < 1.29 is 29.3 Å². The summed E-state index contributed by atoms with van der Waals surface area (Å²) in [6.45, 7) is 0. The number of benzene rings is 1. The average molecular weight is 282 g/mol. The monoisotopic (exact) mass is 282 g/mol. The molecule has 108 valence electrons. The Labute approximate surface area is 114 Å². The Morgan fingerprint density at radius 3 is 2.45 bits per heavy atom. The molecule has 1 unspecified atom stereocenters. The summed E-state index contributed by atoms with van der Waals surface area (Å²) < 4.78 is 4.92. The number of amides is 1. The maximum absolute atomic E-state index is 11.9. The average Bonchev–Trinajstić information content (AvgIpc) is 2.36. The molecule has 0 aliphatic heterocycles. The highest BCUT2D eigenvalue weighted by molar-refractivity contribution is 6.01. The van der Waals surface area contributed by atoms with Gasteiger partial charge in [0, 0.05) is 11.8 Å². The number of hydrogen-bond donors (Lipinski definition) is 4. The Morgan fingerprint density at radius 1 is 1.35 bits per heavy atom. The Bertz CT molecular complexity index is 543. The minimum Gasteiger partial charge on any atom is -0.497 e. The van der Waals surface area contributed by atoms with Gasteiger partial charge in [-0.15, -0.1) is 0 Å². The molecule has 0 aliphatic carbocycles. The molecule has 0 aromatic heterocycles. The lowest BCUT2D eigenvalue weighted by Crippen LogP contribution is -2.42. The second-order valence-electron chi connectivity index (χ2n) is 3.92. The fraction of sp³-hybridized carbons (Fsp3) is 0.250. The largest absolute Gasteiger partial charge is 0.497 e. The molecule has 0 bridgehead atoms. The second kappa shape index (κ2) is 6.41. The van der Waals surface area contributed by atoms with Crippen LogP contribution in [0.4, 0.5) is 5.69 Å². The van der Waals surface area contributed by atoms with Crippen LogP contribution in [-0.2, 0) is 9.59 Å². The number of hydrogen-bond acceptors (Lipinski definition) is 5. The highest BCUT2D eigenvalue weighted by Gasteiger charge is 2.24. The normalized spacial score (nSPS) is 11.4. The van der Waals surface area contributed by atoms with Gasteiger partial charge in [0.2, 0.25) is 0 Å². The van der Waals surface area contributed by atoms with Crippen molar-refractivity contribution >= 4 is 23.5 Å². The van der Waals surface area contributed by atoms with Gasteiger partial charge in [0.25, 0.3) is 5.91 Å². The lowest BCUT2D eigenvalue weighted by Gasteiger charge is -2.13. The molecule has 1 rings (SSSR count). The molecule has 0 saturated carbocycles. The van der Waals surface area contributed by atoms with Gasteiger partial charge in [0.05, 0.1) is 19.1 Å². The number of aliphatic carboxylic acids is 2. The first-order chi connectivity index (χ1) is 9.35. The number of nitrogen functional groups attached to an aromatic ring is 1. The molecule has 1 aromatic rings. The van der Waals surface area contributed by atoms with Crippen LogP contribution < -0.4 is 15.8 Å². The summed E-state index contributed by atoms with van der Waals surface area (Å²) in [6, 6.07) is 2.73. The summed E-state index contributed by atoms with van der Waals surface area (Å²) in [4.78, 5) is 33.3. The smallest absolute Gasteiger partial charge is 0.326 e. The first-order valence-corrected chi connectivity index (χ1v) is 5.54. The predicted molar refractivity (Wildman–Crippen MR) is 68.5 cm³/mol. The number of carboxylic acids is 2. The predicted octanol–water partition coefficient (Wildman–Crippen LogP) is -0.0649. The van der Waals surface area contributed by atoms with Crippen LogP contribution in [0.5, 0.6) is 5.75 Å². The summed E-state index contributed by atoms with van der Waals surface area (Å²) in [5, 5.41) is 19.5. The van der Waals surface area contributed by atoms with Crippen molar-refractivity contribution in [3.63, 3.8) is 0 Å². The van der Waals surface area contributed by atoms with E-state index in [-0.39, 0.29) is 11.3 Å². The molecule has 0 radical (unpaired) electrons. The van der Waals surface area contributed by atoms with Gasteiger partial charge in [-0.05, 0) is 12.1 Å². The van der Waals surface area contributed by atoms with Gasteiger partial charge in [0.1, 0.15) is 11.8 Å². The molecule has 0 spiro atoms. The van der Waals surface area contributed by atoms with Gasteiger partial charge in [-0.25, -0.2) is 4.79 Å².